The fourth-order valence-corrected chi connectivity index (χ4v) is 3.62. The Labute approximate surface area is 196 Å². The number of carbonyl (C=O) groups is 1. The molecule has 7 nitrogen and oxygen atoms in total. The van der Waals surface area contributed by atoms with E-state index < -0.39 is 52.5 Å². The van der Waals surface area contributed by atoms with Crippen LogP contribution in [0.3, 0.4) is 0 Å². The van der Waals surface area contributed by atoms with Crippen LogP contribution in [0.5, 0.6) is 5.75 Å². The third kappa shape index (κ3) is 4.77. The van der Waals surface area contributed by atoms with Crippen molar-refractivity contribution < 1.29 is 31.5 Å². The van der Waals surface area contributed by atoms with Gasteiger partial charge in [-0.15, -0.1) is 5.10 Å². The van der Waals surface area contributed by atoms with Gasteiger partial charge in [0.05, 0.1) is 11.3 Å². The molecule has 0 radical (unpaired) electrons. The van der Waals surface area contributed by atoms with Gasteiger partial charge in [0.2, 0.25) is 0 Å². The number of nitrogens with zero attached hydrogens (tertiary/aromatic N) is 3. The van der Waals surface area contributed by atoms with Gasteiger partial charge in [-0.2, -0.15) is 17.9 Å². The molecule has 1 N–H and O–H groups in total. The highest BCUT2D eigenvalue weighted by atomic mass is 19.4. The van der Waals surface area contributed by atoms with Crippen LogP contribution in [0.2, 0.25) is 0 Å². The number of nitrogens with one attached hydrogen (secondary N) is 1. The number of ether oxygens (including phenoxy) is 1. The zero-order valence-corrected chi connectivity index (χ0v) is 18.7. The van der Waals surface area contributed by atoms with E-state index in [4.69, 9.17) is 4.74 Å². The van der Waals surface area contributed by atoms with Crippen molar-refractivity contribution in [2.75, 3.05) is 5.32 Å². The number of alkyl halides is 3. The van der Waals surface area contributed by atoms with E-state index in [2.05, 4.69) is 10.4 Å². The monoisotopic (exact) mass is 496 g/mol. The number of aromatic nitrogens is 3. The van der Waals surface area contributed by atoms with Gasteiger partial charge in [0.25, 0.3) is 5.91 Å². The molecule has 1 fully saturated rings. The Hall–Kier alpha value is -3.70. The molecule has 0 aliphatic heterocycles. The molecule has 0 spiro atoms. The van der Waals surface area contributed by atoms with E-state index in [-0.39, 0.29) is 11.6 Å². The zero-order valence-electron chi connectivity index (χ0n) is 18.7. The van der Waals surface area contributed by atoms with Crippen LogP contribution in [-0.4, -0.2) is 32.5 Å². The molecule has 3 aromatic rings. The first-order valence-corrected chi connectivity index (χ1v) is 10.8. The average Bonchev–Trinajstić information content (AvgIpc) is 3.03. The Morgan fingerprint density at radius 1 is 1.17 bits per heavy atom. The molecule has 0 bridgehead atoms. The van der Waals surface area contributed by atoms with E-state index in [1.54, 1.807) is 0 Å². The number of halogens is 5. The number of rotatable bonds is 6. The van der Waals surface area contributed by atoms with E-state index in [1.807, 2.05) is 0 Å². The molecule has 186 valence electrons. The number of hydrogen-bond acceptors (Lipinski definition) is 4. The van der Waals surface area contributed by atoms with Crippen LogP contribution in [0.1, 0.15) is 48.3 Å². The number of anilines is 1. The number of benzene rings is 2. The predicted molar refractivity (Wildman–Crippen MR) is 116 cm³/mol. The Morgan fingerprint density at radius 3 is 2.46 bits per heavy atom. The van der Waals surface area contributed by atoms with Crippen molar-refractivity contribution >= 4 is 11.6 Å². The van der Waals surface area contributed by atoms with E-state index >= 15 is 4.39 Å². The lowest BCUT2D eigenvalue weighted by molar-refractivity contribution is -0.189. The molecule has 1 heterocycles. The lowest BCUT2D eigenvalue weighted by atomic mass is 9.85. The van der Waals surface area contributed by atoms with Crippen molar-refractivity contribution in [1.82, 2.24) is 14.3 Å². The van der Waals surface area contributed by atoms with Crippen LogP contribution in [0, 0.1) is 11.6 Å². The molecular formula is C23H21F5N4O3. The van der Waals surface area contributed by atoms with Gasteiger partial charge in [-0.1, -0.05) is 18.6 Å². The molecule has 1 saturated carbocycles. The van der Waals surface area contributed by atoms with Crippen LogP contribution in [0.15, 0.2) is 41.2 Å². The van der Waals surface area contributed by atoms with Crippen molar-refractivity contribution in [3.8, 4) is 11.4 Å². The molecule has 4 rings (SSSR count). The molecule has 1 aromatic heterocycles. The molecule has 0 unspecified atom stereocenters. The standard InChI is InChI=1S/C23H21F5N4O3/c1-12(23(26,27)28)35-19-11-18(32-22(34)31(2)20(30-32)13-6-5-7-13)16(25)10-14(19)21(33)29-17-9-4-3-8-15(17)24/h3-4,8-13H,5-7H2,1-2H3,(H,29,33)/t12-/m0/s1. The average molecular weight is 496 g/mol. The summed E-state index contributed by atoms with van der Waals surface area (Å²) in [7, 11) is 1.47. The van der Waals surface area contributed by atoms with Gasteiger partial charge in [-0.05, 0) is 38.0 Å². The summed E-state index contributed by atoms with van der Waals surface area (Å²) in [6.45, 7) is 0.712. The minimum atomic E-state index is -4.80. The Morgan fingerprint density at radius 2 is 1.86 bits per heavy atom. The third-order valence-corrected chi connectivity index (χ3v) is 5.89. The topological polar surface area (TPSA) is 78.2 Å². The van der Waals surface area contributed by atoms with E-state index in [9.17, 15) is 27.2 Å². The largest absolute Gasteiger partial charge is 0.480 e. The maximum Gasteiger partial charge on any atom is 0.425 e. The predicted octanol–water partition coefficient (Wildman–Crippen LogP) is 4.70. The first-order valence-electron chi connectivity index (χ1n) is 10.8. The second-order valence-electron chi connectivity index (χ2n) is 8.27. The van der Waals surface area contributed by atoms with Crippen LogP contribution in [0.25, 0.3) is 5.69 Å². The number of carbonyl (C=O) groups excluding carboxylic acids is 1. The maximum absolute atomic E-state index is 15.1. The highest BCUT2D eigenvalue weighted by molar-refractivity contribution is 6.06. The second-order valence-corrected chi connectivity index (χ2v) is 8.27. The van der Waals surface area contributed by atoms with Crippen molar-refractivity contribution in [2.45, 2.75) is 44.4 Å². The lowest BCUT2D eigenvalue weighted by Gasteiger charge is -2.23. The third-order valence-electron chi connectivity index (χ3n) is 5.89. The van der Waals surface area contributed by atoms with Gasteiger partial charge in [-0.3, -0.25) is 9.36 Å². The van der Waals surface area contributed by atoms with Crippen molar-refractivity contribution in [3.05, 3.63) is 69.9 Å². The van der Waals surface area contributed by atoms with E-state index in [0.717, 1.165) is 36.1 Å². The fraction of sp³-hybridized carbons (Fsp3) is 0.348. The first kappa shape index (κ1) is 24.4. The maximum atomic E-state index is 15.1. The summed E-state index contributed by atoms with van der Waals surface area (Å²) < 4.78 is 75.7. The minimum absolute atomic E-state index is 0.0174. The molecule has 12 heteroatoms. The summed E-state index contributed by atoms with van der Waals surface area (Å²) in [4.78, 5) is 25.5. The van der Waals surface area contributed by atoms with Gasteiger partial charge in [0, 0.05) is 19.0 Å². The van der Waals surface area contributed by atoms with Crippen LogP contribution in [-0.2, 0) is 7.05 Å². The van der Waals surface area contributed by atoms with Crippen LogP contribution < -0.4 is 15.7 Å². The van der Waals surface area contributed by atoms with Crippen molar-refractivity contribution in [3.63, 3.8) is 0 Å². The fourth-order valence-electron chi connectivity index (χ4n) is 3.62. The molecule has 1 amide bonds. The smallest absolute Gasteiger partial charge is 0.425 e. The molecule has 0 saturated heterocycles. The Bertz CT molecular complexity index is 1330. The van der Waals surface area contributed by atoms with Crippen molar-refractivity contribution in [1.29, 1.82) is 0 Å². The molecule has 1 aliphatic rings. The summed E-state index contributed by atoms with van der Waals surface area (Å²) >= 11 is 0. The summed E-state index contributed by atoms with van der Waals surface area (Å²) in [6.07, 6.45) is -4.60. The SMILES string of the molecule is C[C@H](Oc1cc(-n2nc(C3CCC3)n(C)c2=O)c(F)cc1C(=O)Nc1ccccc1F)C(F)(F)F. The Balaban J connectivity index is 1.79. The summed E-state index contributed by atoms with van der Waals surface area (Å²) in [5.74, 6) is -3.21. The highest BCUT2D eigenvalue weighted by Crippen LogP contribution is 2.35. The molecule has 2 aromatic carbocycles. The molecule has 1 aliphatic carbocycles. The van der Waals surface area contributed by atoms with Gasteiger partial charge in [-0.25, -0.2) is 13.6 Å². The number of hydrogen-bond donors (Lipinski definition) is 1. The number of para-hydroxylation sites is 1. The first-order chi connectivity index (χ1) is 16.5. The van der Waals surface area contributed by atoms with E-state index in [1.165, 1.54) is 29.8 Å². The summed E-state index contributed by atoms with van der Waals surface area (Å²) in [6, 6.07) is 6.54. The van der Waals surface area contributed by atoms with Crippen LogP contribution in [0.4, 0.5) is 27.6 Å². The van der Waals surface area contributed by atoms with E-state index in [0.29, 0.717) is 18.8 Å². The van der Waals surface area contributed by atoms with Gasteiger partial charge >= 0.3 is 11.9 Å². The normalized spacial score (nSPS) is 14.9. The van der Waals surface area contributed by atoms with Gasteiger partial charge in [0.15, 0.2) is 6.10 Å². The Kier molecular flexibility index (Phi) is 6.39. The van der Waals surface area contributed by atoms with Crippen LogP contribution >= 0.6 is 0 Å². The lowest BCUT2D eigenvalue weighted by Crippen LogP contribution is -2.32. The molecular weight excluding hydrogens is 475 g/mol. The highest BCUT2D eigenvalue weighted by Gasteiger charge is 2.39. The quantitative estimate of drug-likeness (QED) is 0.502. The second kappa shape index (κ2) is 9.16. The summed E-state index contributed by atoms with van der Waals surface area (Å²) in [5, 5.41) is 6.37. The number of amides is 1. The van der Waals surface area contributed by atoms with Crippen molar-refractivity contribution in [2.24, 2.45) is 7.05 Å². The van der Waals surface area contributed by atoms with Gasteiger partial charge < -0.3 is 10.1 Å². The van der Waals surface area contributed by atoms with Gasteiger partial charge in [0.1, 0.15) is 28.9 Å². The molecule has 35 heavy (non-hydrogen) atoms. The minimum Gasteiger partial charge on any atom is -0.480 e. The molecule has 1 atom stereocenters. The zero-order chi connectivity index (χ0) is 25.5. The summed E-state index contributed by atoms with van der Waals surface area (Å²) in [5.41, 5.74) is -2.07.